The molecule has 2 N–H and O–H groups in total. The second kappa shape index (κ2) is 7.59. The largest absolute Gasteiger partial charge is 0.396 e. The number of nitrogens with zero attached hydrogens (tertiary/aromatic N) is 3. The second-order valence-corrected chi connectivity index (χ2v) is 6.00. The molecule has 0 radical (unpaired) electrons. The molecular formula is C16H28N4O. The number of rotatable bonds is 8. The first-order valence-corrected chi connectivity index (χ1v) is 8.15. The molecule has 0 unspecified atom stereocenters. The third kappa shape index (κ3) is 3.64. The lowest BCUT2D eigenvalue weighted by molar-refractivity contribution is 0.282. The van der Waals surface area contributed by atoms with E-state index in [0.29, 0.717) is 12.0 Å². The van der Waals surface area contributed by atoms with Crippen LogP contribution < -0.4 is 10.2 Å². The highest BCUT2D eigenvalue weighted by Crippen LogP contribution is 2.35. The third-order valence-electron chi connectivity index (χ3n) is 4.13. The Morgan fingerprint density at radius 2 is 2.14 bits per heavy atom. The number of aliphatic hydroxyl groups is 1. The van der Waals surface area contributed by atoms with Gasteiger partial charge in [0.05, 0.1) is 0 Å². The molecule has 21 heavy (non-hydrogen) atoms. The SMILES string of the molecule is CCNc1ncnc(N(CCCO)C2CCC2)c1C(C)C. The average Bonchev–Trinajstić information content (AvgIpc) is 2.41. The van der Waals surface area contributed by atoms with E-state index < -0.39 is 0 Å². The van der Waals surface area contributed by atoms with E-state index in [1.165, 1.54) is 24.8 Å². The molecule has 0 amide bonds. The van der Waals surface area contributed by atoms with Gasteiger partial charge in [-0.3, -0.25) is 0 Å². The molecule has 1 saturated carbocycles. The number of hydrogen-bond acceptors (Lipinski definition) is 5. The monoisotopic (exact) mass is 292 g/mol. The van der Waals surface area contributed by atoms with Gasteiger partial charge in [0.15, 0.2) is 0 Å². The Kier molecular flexibility index (Phi) is 5.79. The first kappa shape index (κ1) is 16.0. The molecule has 1 aliphatic carbocycles. The van der Waals surface area contributed by atoms with E-state index in [2.05, 4.69) is 41.0 Å². The van der Waals surface area contributed by atoms with E-state index >= 15 is 0 Å². The normalized spacial score (nSPS) is 15.1. The Labute approximate surface area is 127 Å². The van der Waals surface area contributed by atoms with Gasteiger partial charge in [-0.15, -0.1) is 0 Å². The fourth-order valence-corrected chi connectivity index (χ4v) is 2.86. The molecule has 1 fully saturated rings. The van der Waals surface area contributed by atoms with Gasteiger partial charge in [-0.1, -0.05) is 13.8 Å². The summed E-state index contributed by atoms with van der Waals surface area (Å²) in [5.74, 6) is 2.37. The van der Waals surface area contributed by atoms with Crippen LogP contribution in [0.5, 0.6) is 0 Å². The van der Waals surface area contributed by atoms with Gasteiger partial charge in [0, 0.05) is 31.3 Å². The van der Waals surface area contributed by atoms with Crippen molar-refractivity contribution >= 4 is 11.6 Å². The molecule has 0 spiro atoms. The predicted octanol–water partition coefficient (Wildman–Crippen LogP) is 2.77. The topological polar surface area (TPSA) is 61.3 Å². The molecule has 5 nitrogen and oxygen atoms in total. The lowest BCUT2D eigenvalue weighted by Gasteiger charge is -2.40. The number of aromatic nitrogens is 2. The van der Waals surface area contributed by atoms with E-state index in [1.54, 1.807) is 6.33 Å². The van der Waals surface area contributed by atoms with Gasteiger partial charge >= 0.3 is 0 Å². The predicted molar refractivity (Wildman–Crippen MR) is 87.0 cm³/mol. The van der Waals surface area contributed by atoms with Crippen molar-refractivity contribution in [1.29, 1.82) is 0 Å². The van der Waals surface area contributed by atoms with Gasteiger partial charge in [-0.2, -0.15) is 0 Å². The van der Waals surface area contributed by atoms with Crippen LogP contribution in [-0.4, -0.2) is 40.8 Å². The average molecular weight is 292 g/mol. The lowest BCUT2D eigenvalue weighted by atomic mass is 9.90. The summed E-state index contributed by atoms with van der Waals surface area (Å²) in [5, 5.41) is 12.5. The van der Waals surface area contributed by atoms with Crippen molar-refractivity contribution in [3.05, 3.63) is 11.9 Å². The molecule has 0 atom stereocenters. The second-order valence-electron chi connectivity index (χ2n) is 6.00. The van der Waals surface area contributed by atoms with Crippen LogP contribution in [-0.2, 0) is 0 Å². The summed E-state index contributed by atoms with van der Waals surface area (Å²) in [6.07, 6.45) is 6.19. The fourth-order valence-electron chi connectivity index (χ4n) is 2.86. The maximum Gasteiger partial charge on any atom is 0.137 e. The van der Waals surface area contributed by atoms with Crippen LogP contribution >= 0.6 is 0 Å². The molecule has 0 bridgehead atoms. The molecule has 1 aromatic heterocycles. The van der Waals surface area contributed by atoms with Gasteiger partial charge in [-0.25, -0.2) is 9.97 Å². The van der Waals surface area contributed by atoms with Crippen molar-refractivity contribution in [2.75, 3.05) is 29.9 Å². The fraction of sp³-hybridized carbons (Fsp3) is 0.750. The molecule has 0 saturated heterocycles. The Bertz CT molecular complexity index is 446. The summed E-state index contributed by atoms with van der Waals surface area (Å²) in [7, 11) is 0. The zero-order valence-corrected chi connectivity index (χ0v) is 13.5. The van der Waals surface area contributed by atoms with Crippen molar-refractivity contribution in [1.82, 2.24) is 9.97 Å². The van der Waals surface area contributed by atoms with E-state index in [4.69, 9.17) is 0 Å². The highest BCUT2D eigenvalue weighted by Gasteiger charge is 2.29. The molecule has 1 aliphatic rings. The summed E-state index contributed by atoms with van der Waals surface area (Å²) < 4.78 is 0. The van der Waals surface area contributed by atoms with Crippen LogP contribution in [0, 0.1) is 0 Å². The van der Waals surface area contributed by atoms with Crippen molar-refractivity contribution < 1.29 is 5.11 Å². The maximum atomic E-state index is 9.18. The summed E-state index contributed by atoms with van der Waals surface area (Å²) in [6.45, 7) is 8.41. The van der Waals surface area contributed by atoms with Crippen LogP contribution in [0.15, 0.2) is 6.33 Å². The lowest BCUT2D eigenvalue weighted by Crippen LogP contribution is -2.42. The molecule has 0 aliphatic heterocycles. The van der Waals surface area contributed by atoms with Crippen LogP contribution in [0.4, 0.5) is 11.6 Å². The minimum Gasteiger partial charge on any atom is -0.396 e. The smallest absolute Gasteiger partial charge is 0.137 e. The maximum absolute atomic E-state index is 9.18. The summed E-state index contributed by atoms with van der Waals surface area (Å²) in [6, 6.07) is 0.568. The minimum absolute atomic E-state index is 0.228. The molecular weight excluding hydrogens is 264 g/mol. The van der Waals surface area contributed by atoms with E-state index in [-0.39, 0.29) is 6.61 Å². The summed E-state index contributed by atoms with van der Waals surface area (Å²) in [4.78, 5) is 11.4. The Morgan fingerprint density at radius 1 is 1.38 bits per heavy atom. The van der Waals surface area contributed by atoms with Crippen molar-refractivity contribution in [3.63, 3.8) is 0 Å². The van der Waals surface area contributed by atoms with Crippen LogP contribution in [0.3, 0.4) is 0 Å². The van der Waals surface area contributed by atoms with Crippen molar-refractivity contribution in [2.24, 2.45) is 0 Å². The van der Waals surface area contributed by atoms with E-state index in [9.17, 15) is 5.11 Å². The van der Waals surface area contributed by atoms with Crippen molar-refractivity contribution in [2.45, 2.75) is 58.4 Å². The van der Waals surface area contributed by atoms with E-state index in [0.717, 1.165) is 31.1 Å². The zero-order valence-electron chi connectivity index (χ0n) is 13.5. The van der Waals surface area contributed by atoms with Gasteiger partial charge in [0.1, 0.15) is 18.0 Å². The van der Waals surface area contributed by atoms with Gasteiger partial charge in [0.2, 0.25) is 0 Å². The standard InChI is InChI=1S/C16H28N4O/c1-4-17-15-14(12(2)3)16(19-11-18-15)20(9-6-10-21)13-7-5-8-13/h11-13,21H,4-10H2,1-3H3,(H,17,18,19). The van der Waals surface area contributed by atoms with E-state index in [1.807, 2.05) is 0 Å². The molecule has 1 heterocycles. The molecule has 1 aromatic rings. The number of hydrogen-bond donors (Lipinski definition) is 2. The first-order valence-electron chi connectivity index (χ1n) is 8.15. The molecule has 2 rings (SSSR count). The number of aliphatic hydroxyl groups excluding tert-OH is 1. The third-order valence-corrected chi connectivity index (χ3v) is 4.13. The number of nitrogens with one attached hydrogen (secondary N) is 1. The van der Waals surface area contributed by atoms with Gasteiger partial charge in [0.25, 0.3) is 0 Å². The highest BCUT2D eigenvalue weighted by molar-refractivity contribution is 5.61. The molecule has 0 aromatic carbocycles. The molecule has 118 valence electrons. The Morgan fingerprint density at radius 3 is 2.67 bits per heavy atom. The number of anilines is 2. The Balaban J connectivity index is 2.35. The van der Waals surface area contributed by atoms with Crippen LogP contribution in [0.25, 0.3) is 0 Å². The summed E-state index contributed by atoms with van der Waals surface area (Å²) in [5.41, 5.74) is 1.20. The highest BCUT2D eigenvalue weighted by atomic mass is 16.3. The minimum atomic E-state index is 0.228. The first-order chi connectivity index (χ1) is 10.2. The molecule has 5 heteroatoms. The summed E-state index contributed by atoms with van der Waals surface area (Å²) >= 11 is 0. The van der Waals surface area contributed by atoms with Crippen molar-refractivity contribution in [3.8, 4) is 0 Å². The zero-order chi connectivity index (χ0) is 15.2. The quantitative estimate of drug-likeness (QED) is 0.771. The van der Waals surface area contributed by atoms with Gasteiger partial charge in [-0.05, 0) is 38.5 Å². The van der Waals surface area contributed by atoms with Gasteiger partial charge < -0.3 is 15.3 Å². The van der Waals surface area contributed by atoms with Crippen LogP contribution in [0.1, 0.15) is 57.9 Å². The van der Waals surface area contributed by atoms with Crippen LogP contribution in [0.2, 0.25) is 0 Å². The Hall–Kier alpha value is -1.36.